The summed E-state index contributed by atoms with van der Waals surface area (Å²) < 4.78 is 11.6. The van der Waals surface area contributed by atoms with Crippen LogP contribution >= 0.6 is 0 Å². The molecule has 0 fully saturated rings. The number of carbonyl (C=O) groups excluding carboxylic acids is 2. The van der Waals surface area contributed by atoms with Crippen molar-refractivity contribution in [3.05, 3.63) is 71.5 Å². The van der Waals surface area contributed by atoms with Gasteiger partial charge in [-0.1, -0.05) is 19.9 Å². The number of carbonyl (C=O) groups is 2. The summed E-state index contributed by atoms with van der Waals surface area (Å²) in [5.41, 5.74) is 4.19. The van der Waals surface area contributed by atoms with Crippen molar-refractivity contribution >= 4 is 34.7 Å². The Balaban J connectivity index is 1.34. The van der Waals surface area contributed by atoms with Crippen LogP contribution in [0.4, 0.5) is 16.4 Å². The molecule has 5 rings (SSSR count). The van der Waals surface area contributed by atoms with Gasteiger partial charge >= 0.3 is 6.09 Å². The SMILES string of the molecule is CNC(=O)c1cc(Oc2ccc3nc(Nc4ccc5c(c4)CN(C(=O)OC(C)(C)C)CC5(C)C)[nH]c3c2)ccn1. The smallest absolute Gasteiger partial charge is 0.410 e. The molecule has 2 aromatic heterocycles. The second-order valence-electron chi connectivity index (χ2n) is 11.5. The summed E-state index contributed by atoms with van der Waals surface area (Å²) in [4.78, 5) is 38.5. The van der Waals surface area contributed by atoms with E-state index in [1.165, 1.54) is 11.8 Å². The van der Waals surface area contributed by atoms with Crippen molar-refractivity contribution in [3.8, 4) is 11.5 Å². The molecule has 0 aliphatic carbocycles. The molecular formula is C30H34N6O4. The molecule has 4 aromatic rings. The first-order valence-electron chi connectivity index (χ1n) is 13.1. The van der Waals surface area contributed by atoms with Gasteiger partial charge in [0.2, 0.25) is 5.95 Å². The number of aromatic nitrogens is 3. The van der Waals surface area contributed by atoms with Gasteiger partial charge in [-0.05, 0) is 62.2 Å². The molecule has 208 valence electrons. The fourth-order valence-corrected chi connectivity index (χ4v) is 4.85. The van der Waals surface area contributed by atoms with E-state index < -0.39 is 5.60 Å². The van der Waals surface area contributed by atoms with E-state index in [1.54, 1.807) is 24.1 Å². The van der Waals surface area contributed by atoms with Crippen molar-refractivity contribution in [1.29, 1.82) is 0 Å². The van der Waals surface area contributed by atoms with Gasteiger partial charge in [0.05, 0.1) is 11.0 Å². The Morgan fingerprint density at radius 1 is 1.05 bits per heavy atom. The number of nitrogens with zero attached hydrogens (tertiary/aromatic N) is 3. The van der Waals surface area contributed by atoms with E-state index in [4.69, 9.17) is 9.47 Å². The van der Waals surface area contributed by atoms with Crippen LogP contribution < -0.4 is 15.4 Å². The van der Waals surface area contributed by atoms with Crippen molar-refractivity contribution < 1.29 is 19.1 Å². The lowest BCUT2D eigenvalue weighted by Crippen LogP contribution is -2.46. The van der Waals surface area contributed by atoms with Gasteiger partial charge in [-0.25, -0.2) is 9.78 Å². The summed E-state index contributed by atoms with van der Waals surface area (Å²) in [6.07, 6.45) is 1.22. The number of hydrogen-bond donors (Lipinski definition) is 3. The highest BCUT2D eigenvalue weighted by Gasteiger charge is 2.35. The van der Waals surface area contributed by atoms with Crippen LogP contribution in [0.3, 0.4) is 0 Å². The van der Waals surface area contributed by atoms with Crippen molar-refractivity contribution in [2.75, 3.05) is 18.9 Å². The number of nitrogens with one attached hydrogen (secondary N) is 3. The average molecular weight is 543 g/mol. The largest absolute Gasteiger partial charge is 0.457 e. The molecule has 0 bridgehead atoms. The van der Waals surface area contributed by atoms with Crippen molar-refractivity contribution in [2.45, 2.75) is 52.2 Å². The normalized spacial score (nSPS) is 14.4. The van der Waals surface area contributed by atoms with Crippen LogP contribution in [0.25, 0.3) is 11.0 Å². The second-order valence-corrected chi connectivity index (χ2v) is 11.5. The number of aromatic amines is 1. The highest BCUT2D eigenvalue weighted by atomic mass is 16.6. The zero-order valence-electron chi connectivity index (χ0n) is 23.6. The Morgan fingerprint density at radius 3 is 2.58 bits per heavy atom. The Morgan fingerprint density at radius 2 is 1.82 bits per heavy atom. The summed E-state index contributed by atoms with van der Waals surface area (Å²) in [6, 6.07) is 15.0. The van der Waals surface area contributed by atoms with Gasteiger partial charge in [0.25, 0.3) is 5.91 Å². The maximum absolute atomic E-state index is 12.8. The predicted octanol–water partition coefficient (Wildman–Crippen LogP) is 5.88. The molecule has 0 radical (unpaired) electrons. The molecule has 10 nitrogen and oxygen atoms in total. The van der Waals surface area contributed by atoms with Gasteiger partial charge in [0, 0.05) is 49.6 Å². The monoisotopic (exact) mass is 542 g/mol. The summed E-state index contributed by atoms with van der Waals surface area (Å²) in [7, 11) is 1.55. The number of rotatable bonds is 5. The number of H-pyrrole nitrogens is 1. The topological polar surface area (TPSA) is 121 Å². The van der Waals surface area contributed by atoms with Crippen LogP contribution in [-0.4, -0.2) is 51.0 Å². The Hall–Kier alpha value is -4.60. The lowest BCUT2D eigenvalue weighted by Gasteiger charge is -2.40. The summed E-state index contributed by atoms with van der Waals surface area (Å²) in [5.74, 6) is 1.39. The van der Waals surface area contributed by atoms with Crippen molar-refractivity contribution in [1.82, 2.24) is 25.2 Å². The van der Waals surface area contributed by atoms with Crippen LogP contribution in [0.1, 0.15) is 56.2 Å². The van der Waals surface area contributed by atoms with Gasteiger partial charge in [-0.2, -0.15) is 0 Å². The van der Waals surface area contributed by atoms with E-state index in [-0.39, 0.29) is 23.1 Å². The van der Waals surface area contributed by atoms with Crippen LogP contribution in [0.15, 0.2) is 54.7 Å². The van der Waals surface area contributed by atoms with E-state index in [1.807, 2.05) is 45.0 Å². The number of ether oxygens (including phenoxy) is 2. The lowest BCUT2D eigenvalue weighted by atomic mass is 9.78. The molecule has 0 saturated heterocycles. The maximum Gasteiger partial charge on any atom is 0.410 e. The number of anilines is 2. The van der Waals surface area contributed by atoms with E-state index in [0.717, 1.165) is 22.3 Å². The fraction of sp³-hybridized carbons (Fsp3) is 0.333. The quantitative estimate of drug-likeness (QED) is 0.288. The van der Waals surface area contributed by atoms with E-state index in [0.29, 0.717) is 30.5 Å². The molecule has 2 amide bonds. The lowest BCUT2D eigenvalue weighted by molar-refractivity contribution is 0.0174. The molecule has 2 aromatic carbocycles. The number of hydrogen-bond acceptors (Lipinski definition) is 7. The molecule has 10 heteroatoms. The van der Waals surface area contributed by atoms with Crippen LogP contribution in [-0.2, 0) is 16.7 Å². The molecule has 0 saturated carbocycles. The van der Waals surface area contributed by atoms with Crippen molar-refractivity contribution in [2.24, 2.45) is 0 Å². The molecule has 3 N–H and O–H groups in total. The minimum atomic E-state index is -0.552. The molecule has 1 aliphatic rings. The summed E-state index contributed by atoms with van der Waals surface area (Å²) >= 11 is 0. The number of pyridine rings is 1. The minimum Gasteiger partial charge on any atom is -0.457 e. The number of benzene rings is 2. The number of imidazole rings is 1. The first-order valence-corrected chi connectivity index (χ1v) is 13.1. The Bertz CT molecular complexity index is 1590. The average Bonchev–Trinajstić information content (AvgIpc) is 3.28. The first-order chi connectivity index (χ1) is 18.9. The van der Waals surface area contributed by atoms with E-state index in [2.05, 4.69) is 51.6 Å². The number of amides is 2. The molecule has 0 unspecified atom stereocenters. The van der Waals surface area contributed by atoms with Gasteiger partial charge in [-0.3, -0.25) is 9.78 Å². The van der Waals surface area contributed by atoms with Gasteiger partial charge in [-0.15, -0.1) is 0 Å². The fourth-order valence-electron chi connectivity index (χ4n) is 4.85. The zero-order valence-corrected chi connectivity index (χ0v) is 23.6. The van der Waals surface area contributed by atoms with E-state index >= 15 is 0 Å². The minimum absolute atomic E-state index is 0.214. The van der Waals surface area contributed by atoms with Gasteiger partial charge in [0.1, 0.15) is 22.8 Å². The molecule has 1 aliphatic heterocycles. The van der Waals surface area contributed by atoms with Gasteiger partial charge < -0.3 is 30.0 Å². The third-order valence-electron chi connectivity index (χ3n) is 6.58. The van der Waals surface area contributed by atoms with Crippen LogP contribution in [0, 0.1) is 0 Å². The third-order valence-corrected chi connectivity index (χ3v) is 6.58. The third kappa shape index (κ3) is 5.85. The molecule has 3 heterocycles. The second kappa shape index (κ2) is 10.2. The van der Waals surface area contributed by atoms with Crippen molar-refractivity contribution in [3.63, 3.8) is 0 Å². The Kier molecular flexibility index (Phi) is 6.87. The first kappa shape index (κ1) is 27.0. The van der Waals surface area contributed by atoms with Crippen LogP contribution in [0.5, 0.6) is 11.5 Å². The maximum atomic E-state index is 12.8. The molecule has 0 spiro atoms. The molecular weight excluding hydrogens is 508 g/mol. The highest BCUT2D eigenvalue weighted by molar-refractivity contribution is 5.92. The zero-order chi connectivity index (χ0) is 28.7. The Labute approximate surface area is 233 Å². The van der Waals surface area contributed by atoms with Crippen LogP contribution in [0.2, 0.25) is 0 Å². The predicted molar refractivity (Wildman–Crippen MR) is 153 cm³/mol. The number of fused-ring (bicyclic) bond motifs is 2. The summed E-state index contributed by atoms with van der Waals surface area (Å²) in [5, 5.41) is 5.91. The molecule has 40 heavy (non-hydrogen) atoms. The summed E-state index contributed by atoms with van der Waals surface area (Å²) in [6.45, 7) is 11.0. The highest BCUT2D eigenvalue weighted by Crippen LogP contribution is 2.36. The van der Waals surface area contributed by atoms with Gasteiger partial charge in [0.15, 0.2) is 0 Å². The molecule has 0 atom stereocenters. The standard InChI is InChI=1S/C30H34N6O4/c1-29(2,3)40-28(38)36-16-18-13-19(7-9-22(18)30(4,5)17-36)33-27-34-23-10-8-20(14-24(23)35-27)39-21-11-12-32-25(15-21)26(37)31-6/h7-15H,16-17H2,1-6H3,(H,31,37)(H2,33,34,35). The van der Waals surface area contributed by atoms with E-state index in [9.17, 15) is 9.59 Å².